The van der Waals surface area contributed by atoms with Gasteiger partial charge < -0.3 is 9.88 Å². The smallest absolute Gasteiger partial charge is 0.270 e. The highest BCUT2D eigenvalue weighted by molar-refractivity contribution is 5.98. The minimum Gasteiger partial charge on any atom is -0.351 e. The predicted molar refractivity (Wildman–Crippen MR) is 92.9 cm³/mol. The number of amides is 1. The summed E-state index contributed by atoms with van der Waals surface area (Å²) < 4.78 is 0. The third-order valence-corrected chi connectivity index (χ3v) is 4.66. The number of para-hydroxylation sites is 1. The van der Waals surface area contributed by atoms with Crippen molar-refractivity contribution >= 4 is 16.8 Å². The molecule has 1 amide bonds. The molecule has 5 nitrogen and oxygen atoms in total. The number of carbonyl (C=O) groups excluding carboxylic acids is 1. The number of benzene rings is 1. The fourth-order valence-corrected chi connectivity index (χ4v) is 3.44. The number of piperidine rings is 1. The summed E-state index contributed by atoms with van der Waals surface area (Å²) in [5.41, 5.74) is 3.57. The summed E-state index contributed by atoms with van der Waals surface area (Å²) in [5.74, 6) is 0.330. The number of aromatic nitrogens is 3. The molecule has 4 rings (SSSR count). The molecule has 5 heteroatoms. The van der Waals surface area contributed by atoms with Crippen molar-refractivity contribution in [2.75, 3.05) is 13.1 Å². The van der Waals surface area contributed by atoms with Crippen LogP contribution in [-0.2, 0) is 0 Å². The van der Waals surface area contributed by atoms with Gasteiger partial charge in [-0.3, -0.25) is 14.8 Å². The molecule has 24 heavy (non-hydrogen) atoms. The Labute approximate surface area is 140 Å². The molecule has 1 aromatic carbocycles. The van der Waals surface area contributed by atoms with Crippen LogP contribution >= 0.6 is 0 Å². The number of rotatable bonds is 2. The molecule has 122 valence electrons. The molecule has 0 spiro atoms. The third-order valence-electron chi connectivity index (χ3n) is 4.66. The SMILES string of the molecule is Cc1cncc([C@@H]2CCCN(C(=O)c3cc4ccccc4[nH]3)C2)n1. The van der Waals surface area contributed by atoms with Gasteiger partial charge in [-0.1, -0.05) is 18.2 Å². The van der Waals surface area contributed by atoms with Crippen LogP contribution in [0.4, 0.5) is 0 Å². The zero-order chi connectivity index (χ0) is 16.5. The van der Waals surface area contributed by atoms with Gasteiger partial charge in [-0.05, 0) is 31.9 Å². The number of hydrogen-bond acceptors (Lipinski definition) is 3. The van der Waals surface area contributed by atoms with Crippen LogP contribution in [-0.4, -0.2) is 38.8 Å². The average Bonchev–Trinajstić information content (AvgIpc) is 3.05. The number of nitrogens with one attached hydrogen (secondary N) is 1. The van der Waals surface area contributed by atoms with Crippen molar-refractivity contribution in [1.29, 1.82) is 0 Å². The van der Waals surface area contributed by atoms with Crippen molar-refractivity contribution in [3.63, 3.8) is 0 Å². The number of aromatic amines is 1. The van der Waals surface area contributed by atoms with Crippen molar-refractivity contribution in [2.24, 2.45) is 0 Å². The Morgan fingerprint density at radius 1 is 1.29 bits per heavy atom. The van der Waals surface area contributed by atoms with Gasteiger partial charge in [0, 0.05) is 42.3 Å². The number of aryl methyl sites for hydroxylation is 1. The second kappa shape index (κ2) is 6.07. The number of hydrogen-bond donors (Lipinski definition) is 1. The molecule has 0 aliphatic carbocycles. The molecule has 1 aliphatic heterocycles. The zero-order valence-corrected chi connectivity index (χ0v) is 13.7. The van der Waals surface area contributed by atoms with Gasteiger partial charge in [0.2, 0.25) is 0 Å². The van der Waals surface area contributed by atoms with Crippen molar-refractivity contribution < 1.29 is 4.79 Å². The molecule has 2 aromatic heterocycles. The molecule has 0 bridgehead atoms. The van der Waals surface area contributed by atoms with Gasteiger partial charge in [0.05, 0.1) is 11.4 Å². The normalized spacial score (nSPS) is 18.0. The fraction of sp³-hybridized carbons (Fsp3) is 0.316. The highest BCUT2D eigenvalue weighted by Crippen LogP contribution is 2.26. The van der Waals surface area contributed by atoms with Gasteiger partial charge in [-0.15, -0.1) is 0 Å². The molecule has 3 aromatic rings. The maximum Gasteiger partial charge on any atom is 0.270 e. The summed E-state index contributed by atoms with van der Waals surface area (Å²) in [4.78, 5) is 26.9. The molecule has 0 unspecified atom stereocenters. The van der Waals surface area contributed by atoms with Crippen LogP contribution < -0.4 is 0 Å². The van der Waals surface area contributed by atoms with E-state index in [1.165, 1.54) is 0 Å². The molecule has 1 aliphatic rings. The van der Waals surface area contributed by atoms with Gasteiger partial charge in [-0.25, -0.2) is 0 Å². The van der Waals surface area contributed by atoms with Gasteiger partial charge >= 0.3 is 0 Å². The summed E-state index contributed by atoms with van der Waals surface area (Å²) in [6.45, 7) is 3.45. The first-order valence-electron chi connectivity index (χ1n) is 8.36. The Morgan fingerprint density at radius 3 is 3.00 bits per heavy atom. The van der Waals surface area contributed by atoms with E-state index in [9.17, 15) is 4.79 Å². The van der Waals surface area contributed by atoms with E-state index in [1.54, 1.807) is 6.20 Å². The monoisotopic (exact) mass is 320 g/mol. The maximum absolute atomic E-state index is 12.9. The summed E-state index contributed by atoms with van der Waals surface area (Å²) >= 11 is 0. The van der Waals surface area contributed by atoms with Gasteiger partial charge in [-0.2, -0.15) is 0 Å². The predicted octanol–water partition coefficient (Wildman–Crippen LogP) is 3.29. The number of carbonyl (C=O) groups is 1. The number of likely N-dealkylation sites (tertiary alicyclic amines) is 1. The Balaban J connectivity index is 1.56. The largest absolute Gasteiger partial charge is 0.351 e. The Morgan fingerprint density at radius 2 is 2.17 bits per heavy atom. The van der Waals surface area contributed by atoms with E-state index in [1.807, 2.05) is 48.4 Å². The lowest BCUT2D eigenvalue weighted by molar-refractivity contribution is 0.0701. The maximum atomic E-state index is 12.9. The number of H-pyrrole nitrogens is 1. The highest BCUT2D eigenvalue weighted by atomic mass is 16.2. The molecule has 1 atom stereocenters. The highest BCUT2D eigenvalue weighted by Gasteiger charge is 2.27. The molecule has 1 saturated heterocycles. The van der Waals surface area contributed by atoms with Crippen molar-refractivity contribution in [3.8, 4) is 0 Å². The van der Waals surface area contributed by atoms with Crippen LogP contribution in [0.5, 0.6) is 0 Å². The van der Waals surface area contributed by atoms with Crippen LogP contribution in [0.2, 0.25) is 0 Å². The first kappa shape index (κ1) is 14.9. The van der Waals surface area contributed by atoms with Gasteiger partial charge in [0.25, 0.3) is 5.91 Å². The number of nitrogens with zero attached hydrogens (tertiary/aromatic N) is 3. The Kier molecular flexibility index (Phi) is 3.76. The van der Waals surface area contributed by atoms with E-state index >= 15 is 0 Å². The Bertz CT molecular complexity index is 853. The summed E-state index contributed by atoms with van der Waals surface area (Å²) in [7, 11) is 0. The lowest BCUT2D eigenvalue weighted by atomic mass is 9.94. The van der Waals surface area contributed by atoms with Crippen LogP contribution in [0.3, 0.4) is 0 Å². The first-order valence-corrected chi connectivity index (χ1v) is 8.36. The van der Waals surface area contributed by atoms with Gasteiger partial charge in [0.15, 0.2) is 0 Å². The van der Waals surface area contributed by atoms with E-state index < -0.39 is 0 Å². The van der Waals surface area contributed by atoms with E-state index in [0.29, 0.717) is 12.2 Å². The summed E-state index contributed by atoms with van der Waals surface area (Å²) in [6, 6.07) is 9.91. The molecule has 3 heterocycles. The fourth-order valence-electron chi connectivity index (χ4n) is 3.44. The van der Waals surface area contributed by atoms with E-state index in [-0.39, 0.29) is 11.8 Å². The van der Waals surface area contributed by atoms with E-state index in [0.717, 1.165) is 41.7 Å². The lowest BCUT2D eigenvalue weighted by Gasteiger charge is -2.32. The molecular weight excluding hydrogens is 300 g/mol. The van der Waals surface area contributed by atoms with Crippen LogP contribution in [0.25, 0.3) is 10.9 Å². The Hall–Kier alpha value is -2.69. The topological polar surface area (TPSA) is 61.9 Å². The van der Waals surface area contributed by atoms with Crippen LogP contribution in [0.15, 0.2) is 42.7 Å². The molecule has 1 N–H and O–H groups in total. The minimum absolute atomic E-state index is 0.0662. The van der Waals surface area contributed by atoms with Crippen molar-refractivity contribution in [1.82, 2.24) is 19.9 Å². The van der Waals surface area contributed by atoms with Crippen molar-refractivity contribution in [3.05, 3.63) is 59.8 Å². The van der Waals surface area contributed by atoms with Crippen LogP contribution in [0, 0.1) is 6.92 Å². The third kappa shape index (κ3) is 2.77. The van der Waals surface area contributed by atoms with Crippen LogP contribution in [0.1, 0.15) is 40.6 Å². The lowest BCUT2D eigenvalue weighted by Crippen LogP contribution is -2.39. The molecule has 0 radical (unpaired) electrons. The average molecular weight is 320 g/mol. The number of fused-ring (bicyclic) bond motifs is 1. The standard InChI is InChI=1S/C19H20N4O/c1-13-10-20-11-18(21-13)15-6-4-8-23(12-15)19(24)17-9-14-5-2-3-7-16(14)22-17/h2-3,5,7,9-11,15,22H,4,6,8,12H2,1H3/t15-/m1/s1. The van der Waals surface area contributed by atoms with E-state index in [4.69, 9.17) is 0 Å². The summed E-state index contributed by atoms with van der Waals surface area (Å²) in [5, 5.41) is 1.07. The van der Waals surface area contributed by atoms with Crippen molar-refractivity contribution in [2.45, 2.75) is 25.7 Å². The zero-order valence-electron chi connectivity index (χ0n) is 13.7. The first-order chi connectivity index (χ1) is 11.7. The molecule has 0 saturated carbocycles. The molecule has 1 fully saturated rings. The van der Waals surface area contributed by atoms with E-state index in [2.05, 4.69) is 15.0 Å². The summed E-state index contributed by atoms with van der Waals surface area (Å²) in [6.07, 6.45) is 5.63. The minimum atomic E-state index is 0.0662. The quantitative estimate of drug-likeness (QED) is 0.788. The molecular formula is C19H20N4O. The second-order valence-corrected chi connectivity index (χ2v) is 6.45. The second-order valence-electron chi connectivity index (χ2n) is 6.45. The van der Waals surface area contributed by atoms with Gasteiger partial charge in [0.1, 0.15) is 5.69 Å².